The maximum absolute atomic E-state index is 4.47. The van der Waals surface area contributed by atoms with Gasteiger partial charge in [0, 0.05) is 10.7 Å². The number of hydrogen-bond acceptors (Lipinski definition) is 1. The number of fused-ring (bicyclic) bond motifs is 1. The summed E-state index contributed by atoms with van der Waals surface area (Å²) in [4.78, 5) is 0. The van der Waals surface area contributed by atoms with Crippen LogP contribution in [0.2, 0.25) is 0 Å². The fraction of sp³-hybridized carbons (Fsp3) is 0.133. The van der Waals surface area contributed by atoms with Crippen LogP contribution in [0.5, 0.6) is 0 Å². The van der Waals surface area contributed by atoms with Crippen LogP contribution in [-0.4, -0.2) is 9.78 Å². The molecule has 0 saturated heterocycles. The second kappa shape index (κ2) is 4.58. The Morgan fingerprint density at radius 1 is 1.17 bits per heavy atom. The van der Waals surface area contributed by atoms with Crippen LogP contribution in [0.3, 0.4) is 0 Å². The van der Waals surface area contributed by atoms with Crippen LogP contribution in [0.4, 0.5) is 0 Å². The van der Waals surface area contributed by atoms with Gasteiger partial charge in [-0.3, -0.25) is 0 Å². The average Bonchev–Trinajstić information content (AvgIpc) is 2.82. The number of aromatic nitrogens is 2. The molecule has 0 aliphatic heterocycles. The third-order valence-electron chi connectivity index (χ3n) is 3.19. The van der Waals surface area contributed by atoms with Gasteiger partial charge in [-0.05, 0) is 36.2 Å². The van der Waals surface area contributed by atoms with Gasteiger partial charge in [0.15, 0.2) is 0 Å². The number of hydrogen-bond donors (Lipinski definition) is 0. The minimum Gasteiger partial charge on any atom is -0.233 e. The number of para-hydroxylation sites is 1. The molecule has 0 saturated carbocycles. The Balaban J connectivity index is 2.17. The smallest absolute Gasteiger partial charge is 0.0741 e. The number of nitrogens with zero attached hydrogens (tertiary/aromatic N) is 2. The normalized spacial score (nSPS) is 11.0. The van der Waals surface area contributed by atoms with Gasteiger partial charge in [-0.25, -0.2) is 4.68 Å². The van der Waals surface area contributed by atoms with Crippen molar-refractivity contribution in [2.45, 2.75) is 12.3 Å². The molecule has 0 N–H and O–H groups in total. The molecule has 18 heavy (non-hydrogen) atoms. The van der Waals surface area contributed by atoms with Crippen LogP contribution >= 0.6 is 15.9 Å². The zero-order chi connectivity index (χ0) is 12.5. The molecule has 0 amide bonds. The molecule has 0 aliphatic carbocycles. The van der Waals surface area contributed by atoms with E-state index in [1.165, 1.54) is 16.5 Å². The van der Waals surface area contributed by atoms with Crippen LogP contribution in [0.1, 0.15) is 11.1 Å². The van der Waals surface area contributed by atoms with E-state index in [1.807, 2.05) is 23.0 Å². The standard InChI is InChI=1S/C15H13BrN2/c1-11-8-14(7-6-12(11)9-16)18-15-5-3-2-4-13(15)10-17-18/h2-8,10H,9H2,1H3. The Morgan fingerprint density at radius 2 is 2.00 bits per heavy atom. The molecule has 2 aromatic carbocycles. The first kappa shape index (κ1) is 11.5. The van der Waals surface area contributed by atoms with Crippen LogP contribution in [0, 0.1) is 6.92 Å². The summed E-state index contributed by atoms with van der Waals surface area (Å²) in [6.45, 7) is 2.13. The highest BCUT2D eigenvalue weighted by Crippen LogP contribution is 2.21. The largest absolute Gasteiger partial charge is 0.233 e. The van der Waals surface area contributed by atoms with E-state index in [0.717, 1.165) is 16.5 Å². The van der Waals surface area contributed by atoms with Crippen molar-refractivity contribution in [3.63, 3.8) is 0 Å². The molecule has 0 fully saturated rings. The van der Waals surface area contributed by atoms with Crippen molar-refractivity contribution >= 4 is 26.8 Å². The topological polar surface area (TPSA) is 17.8 Å². The summed E-state index contributed by atoms with van der Waals surface area (Å²) in [6, 6.07) is 14.7. The fourth-order valence-corrected chi connectivity index (χ4v) is 2.77. The van der Waals surface area contributed by atoms with Crippen molar-refractivity contribution in [1.82, 2.24) is 9.78 Å². The molecule has 0 atom stereocenters. The molecule has 0 bridgehead atoms. The lowest BCUT2D eigenvalue weighted by Gasteiger charge is -2.07. The average molecular weight is 301 g/mol. The lowest BCUT2D eigenvalue weighted by molar-refractivity contribution is 0.908. The molecule has 0 spiro atoms. The predicted molar refractivity (Wildman–Crippen MR) is 78.4 cm³/mol. The predicted octanol–water partition coefficient (Wildman–Crippen LogP) is 4.23. The summed E-state index contributed by atoms with van der Waals surface area (Å²) in [6.07, 6.45) is 1.91. The molecule has 90 valence electrons. The maximum Gasteiger partial charge on any atom is 0.0741 e. The van der Waals surface area contributed by atoms with Crippen molar-refractivity contribution < 1.29 is 0 Å². The third kappa shape index (κ3) is 1.85. The number of benzene rings is 2. The van der Waals surface area contributed by atoms with Gasteiger partial charge in [-0.2, -0.15) is 5.10 Å². The highest BCUT2D eigenvalue weighted by atomic mass is 79.9. The van der Waals surface area contributed by atoms with Gasteiger partial charge in [0.05, 0.1) is 17.4 Å². The Bertz CT molecular complexity index is 701. The van der Waals surface area contributed by atoms with Crippen LogP contribution in [0.15, 0.2) is 48.7 Å². The molecule has 3 rings (SSSR count). The quantitative estimate of drug-likeness (QED) is 0.648. The Kier molecular flexibility index (Phi) is 2.92. The van der Waals surface area contributed by atoms with E-state index in [2.05, 4.69) is 58.3 Å². The molecule has 0 unspecified atom stereocenters. The van der Waals surface area contributed by atoms with E-state index < -0.39 is 0 Å². The van der Waals surface area contributed by atoms with E-state index in [9.17, 15) is 0 Å². The number of rotatable bonds is 2. The van der Waals surface area contributed by atoms with Crippen molar-refractivity contribution in [3.05, 3.63) is 59.8 Å². The first-order chi connectivity index (χ1) is 8.79. The minimum atomic E-state index is 0.888. The van der Waals surface area contributed by atoms with Gasteiger partial charge in [0.25, 0.3) is 0 Å². The van der Waals surface area contributed by atoms with Gasteiger partial charge in [-0.1, -0.05) is 40.2 Å². The summed E-state index contributed by atoms with van der Waals surface area (Å²) in [5, 5.41) is 6.52. The zero-order valence-corrected chi connectivity index (χ0v) is 11.7. The molecule has 0 radical (unpaired) electrons. The third-order valence-corrected chi connectivity index (χ3v) is 3.80. The summed E-state index contributed by atoms with van der Waals surface area (Å²) < 4.78 is 1.99. The molecule has 2 nitrogen and oxygen atoms in total. The second-order valence-electron chi connectivity index (χ2n) is 4.36. The van der Waals surface area contributed by atoms with Gasteiger partial charge >= 0.3 is 0 Å². The highest BCUT2D eigenvalue weighted by molar-refractivity contribution is 9.08. The van der Waals surface area contributed by atoms with E-state index in [0.29, 0.717) is 0 Å². The Labute approximate surface area is 114 Å². The number of aryl methyl sites for hydroxylation is 1. The molecule has 0 aliphatic rings. The number of alkyl halides is 1. The lowest BCUT2D eigenvalue weighted by Crippen LogP contribution is -1.97. The van der Waals surface area contributed by atoms with Gasteiger partial charge in [-0.15, -0.1) is 0 Å². The summed E-state index contributed by atoms with van der Waals surface area (Å²) >= 11 is 3.50. The van der Waals surface area contributed by atoms with Crippen molar-refractivity contribution in [3.8, 4) is 5.69 Å². The van der Waals surface area contributed by atoms with E-state index in [1.54, 1.807) is 0 Å². The molecular formula is C15H13BrN2. The molecule has 3 heteroatoms. The summed E-state index contributed by atoms with van der Waals surface area (Å²) in [5.41, 5.74) is 4.85. The van der Waals surface area contributed by atoms with E-state index in [-0.39, 0.29) is 0 Å². The van der Waals surface area contributed by atoms with Gasteiger partial charge in [0.2, 0.25) is 0 Å². The summed E-state index contributed by atoms with van der Waals surface area (Å²) in [5.74, 6) is 0. The van der Waals surface area contributed by atoms with Crippen LogP contribution < -0.4 is 0 Å². The number of halogens is 1. The molecule has 1 aromatic heterocycles. The van der Waals surface area contributed by atoms with E-state index in [4.69, 9.17) is 0 Å². The second-order valence-corrected chi connectivity index (χ2v) is 4.92. The lowest BCUT2D eigenvalue weighted by atomic mass is 10.1. The van der Waals surface area contributed by atoms with Crippen LogP contribution in [0.25, 0.3) is 16.6 Å². The van der Waals surface area contributed by atoms with Crippen LogP contribution in [-0.2, 0) is 5.33 Å². The fourth-order valence-electron chi connectivity index (χ4n) is 2.14. The van der Waals surface area contributed by atoms with Gasteiger partial charge in [0.1, 0.15) is 0 Å². The van der Waals surface area contributed by atoms with Crippen molar-refractivity contribution in [2.75, 3.05) is 0 Å². The minimum absolute atomic E-state index is 0.888. The van der Waals surface area contributed by atoms with Gasteiger partial charge < -0.3 is 0 Å². The molecule has 3 aromatic rings. The van der Waals surface area contributed by atoms with Crippen molar-refractivity contribution in [2.24, 2.45) is 0 Å². The zero-order valence-electron chi connectivity index (χ0n) is 10.1. The summed E-state index contributed by atoms with van der Waals surface area (Å²) in [7, 11) is 0. The molecule has 1 heterocycles. The molecular weight excluding hydrogens is 288 g/mol. The Morgan fingerprint density at radius 3 is 2.78 bits per heavy atom. The highest BCUT2D eigenvalue weighted by Gasteiger charge is 2.05. The van der Waals surface area contributed by atoms with Crippen molar-refractivity contribution in [1.29, 1.82) is 0 Å². The van der Waals surface area contributed by atoms with E-state index >= 15 is 0 Å². The first-order valence-electron chi connectivity index (χ1n) is 5.88. The SMILES string of the molecule is Cc1cc(-n2ncc3ccccc32)ccc1CBr. The Hall–Kier alpha value is -1.61. The maximum atomic E-state index is 4.47. The first-order valence-corrected chi connectivity index (χ1v) is 7.00. The monoisotopic (exact) mass is 300 g/mol.